The molecule has 2 aromatic carbocycles. The fourth-order valence-corrected chi connectivity index (χ4v) is 4.56. The third kappa shape index (κ3) is 4.00. The minimum atomic E-state index is -3.66. The van der Waals surface area contributed by atoms with Gasteiger partial charge >= 0.3 is 5.97 Å². The highest BCUT2D eigenvalue weighted by Gasteiger charge is 2.51. The standard InChI is InChI=1S/C19H20BrNO4S/c1-13(12-14-2-6-16(20)7-3-14)21-26(24,25)17-8-4-15(5-9-17)19(10-11-19)18(22)23/h2-9,13,21H,10-12H2,1H3,(H,22,23). The molecule has 0 bridgehead atoms. The zero-order valence-corrected chi connectivity index (χ0v) is 16.7. The van der Waals surface area contributed by atoms with Crippen LogP contribution in [0.25, 0.3) is 0 Å². The third-order valence-corrected chi connectivity index (χ3v) is 6.82. The lowest BCUT2D eigenvalue weighted by Gasteiger charge is -2.15. The molecule has 7 heteroatoms. The highest BCUT2D eigenvalue weighted by Crippen LogP contribution is 2.48. The second kappa shape index (κ2) is 7.13. The number of rotatable bonds is 7. The van der Waals surface area contributed by atoms with Crippen LogP contribution >= 0.6 is 15.9 Å². The zero-order chi connectivity index (χ0) is 18.9. The first-order valence-electron chi connectivity index (χ1n) is 8.34. The summed E-state index contributed by atoms with van der Waals surface area (Å²) in [7, 11) is -3.66. The van der Waals surface area contributed by atoms with Crippen molar-refractivity contribution in [3.63, 3.8) is 0 Å². The quantitative estimate of drug-likeness (QED) is 0.694. The van der Waals surface area contributed by atoms with Crippen LogP contribution in [0, 0.1) is 0 Å². The van der Waals surface area contributed by atoms with Crippen LogP contribution in [-0.4, -0.2) is 25.5 Å². The van der Waals surface area contributed by atoms with Crippen molar-refractivity contribution in [1.29, 1.82) is 0 Å². The molecule has 1 unspecified atom stereocenters. The van der Waals surface area contributed by atoms with E-state index < -0.39 is 21.4 Å². The number of hydrogen-bond donors (Lipinski definition) is 2. The van der Waals surface area contributed by atoms with Crippen molar-refractivity contribution in [2.45, 2.75) is 42.5 Å². The molecule has 0 saturated heterocycles. The van der Waals surface area contributed by atoms with E-state index in [0.717, 1.165) is 10.0 Å². The Balaban J connectivity index is 1.69. The number of carbonyl (C=O) groups is 1. The second-order valence-corrected chi connectivity index (χ2v) is 9.39. The Kier molecular flexibility index (Phi) is 5.23. The largest absolute Gasteiger partial charge is 0.481 e. The molecule has 1 saturated carbocycles. The van der Waals surface area contributed by atoms with Crippen LogP contribution in [0.2, 0.25) is 0 Å². The lowest BCUT2D eigenvalue weighted by molar-refractivity contribution is -0.140. The van der Waals surface area contributed by atoms with E-state index in [1.807, 2.05) is 31.2 Å². The van der Waals surface area contributed by atoms with E-state index in [4.69, 9.17) is 0 Å². The molecule has 138 valence electrons. The summed E-state index contributed by atoms with van der Waals surface area (Å²) in [5, 5.41) is 9.33. The molecule has 0 spiro atoms. The van der Waals surface area contributed by atoms with Crippen molar-refractivity contribution in [2.24, 2.45) is 0 Å². The maximum Gasteiger partial charge on any atom is 0.314 e. The van der Waals surface area contributed by atoms with Gasteiger partial charge in [-0.3, -0.25) is 4.79 Å². The number of aliphatic carboxylic acids is 1. The summed E-state index contributed by atoms with van der Waals surface area (Å²) in [4.78, 5) is 11.5. The molecular formula is C19H20BrNO4S. The van der Waals surface area contributed by atoms with E-state index in [1.54, 1.807) is 12.1 Å². The molecule has 1 fully saturated rings. The molecule has 0 heterocycles. The van der Waals surface area contributed by atoms with E-state index in [9.17, 15) is 18.3 Å². The van der Waals surface area contributed by atoms with Gasteiger partial charge in [0, 0.05) is 10.5 Å². The lowest BCUT2D eigenvalue weighted by Crippen LogP contribution is -2.34. The van der Waals surface area contributed by atoms with Crippen LogP contribution in [0.15, 0.2) is 57.9 Å². The molecule has 3 rings (SSSR count). The van der Waals surface area contributed by atoms with Gasteiger partial charge in [-0.25, -0.2) is 13.1 Å². The molecule has 0 aromatic heterocycles. The van der Waals surface area contributed by atoms with Crippen molar-refractivity contribution in [2.75, 3.05) is 0 Å². The molecular weight excluding hydrogens is 418 g/mol. The number of benzene rings is 2. The zero-order valence-electron chi connectivity index (χ0n) is 14.3. The number of carboxylic acid groups (broad SMARTS) is 1. The molecule has 2 N–H and O–H groups in total. The highest BCUT2D eigenvalue weighted by molar-refractivity contribution is 9.10. The second-order valence-electron chi connectivity index (χ2n) is 6.76. The predicted molar refractivity (Wildman–Crippen MR) is 103 cm³/mol. The SMILES string of the molecule is CC(Cc1ccc(Br)cc1)NS(=O)(=O)c1ccc(C2(C(=O)O)CC2)cc1. The van der Waals surface area contributed by atoms with E-state index in [2.05, 4.69) is 20.7 Å². The fourth-order valence-electron chi connectivity index (χ4n) is 3.05. The Labute approximate surface area is 161 Å². The molecule has 1 aliphatic rings. The molecule has 0 radical (unpaired) electrons. The van der Waals surface area contributed by atoms with Crippen molar-refractivity contribution in [1.82, 2.24) is 4.72 Å². The normalized spacial score (nSPS) is 16.8. The number of halogens is 1. The Morgan fingerprint density at radius 2 is 1.73 bits per heavy atom. The van der Waals surface area contributed by atoms with Crippen molar-refractivity contribution in [3.05, 3.63) is 64.1 Å². The summed E-state index contributed by atoms with van der Waals surface area (Å²) >= 11 is 3.38. The van der Waals surface area contributed by atoms with Crippen LogP contribution in [0.3, 0.4) is 0 Å². The number of carboxylic acids is 1. The smallest absolute Gasteiger partial charge is 0.314 e. The van der Waals surface area contributed by atoms with E-state index >= 15 is 0 Å². The molecule has 2 aromatic rings. The van der Waals surface area contributed by atoms with Crippen LogP contribution in [-0.2, 0) is 26.7 Å². The van der Waals surface area contributed by atoms with Gasteiger partial charge in [-0.05, 0) is 61.6 Å². The minimum Gasteiger partial charge on any atom is -0.481 e. The highest BCUT2D eigenvalue weighted by atomic mass is 79.9. The van der Waals surface area contributed by atoms with Gasteiger partial charge in [0.25, 0.3) is 0 Å². The number of sulfonamides is 1. The summed E-state index contributed by atoms with van der Waals surface area (Å²) in [6.45, 7) is 1.82. The average molecular weight is 438 g/mol. The van der Waals surface area contributed by atoms with E-state index in [1.165, 1.54) is 12.1 Å². The topological polar surface area (TPSA) is 83.5 Å². The summed E-state index contributed by atoms with van der Waals surface area (Å²) in [6.07, 6.45) is 1.76. The van der Waals surface area contributed by atoms with Gasteiger partial charge in [0.1, 0.15) is 0 Å². The van der Waals surface area contributed by atoms with Crippen LogP contribution in [0.5, 0.6) is 0 Å². The monoisotopic (exact) mass is 437 g/mol. The van der Waals surface area contributed by atoms with Crippen molar-refractivity contribution in [3.8, 4) is 0 Å². The van der Waals surface area contributed by atoms with Gasteiger partial charge in [0.05, 0.1) is 10.3 Å². The summed E-state index contributed by atoms with van der Waals surface area (Å²) in [6, 6.07) is 13.6. The number of hydrogen-bond acceptors (Lipinski definition) is 3. The molecule has 26 heavy (non-hydrogen) atoms. The summed E-state index contributed by atoms with van der Waals surface area (Å²) in [5.74, 6) is -0.852. The Hall–Kier alpha value is -1.70. The van der Waals surface area contributed by atoms with Crippen molar-refractivity contribution >= 4 is 31.9 Å². The van der Waals surface area contributed by atoms with Crippen LogP contribution in [0.1, 0.15) is 30.9 Å². The number of nitrogens with one attached hydrogen (secondary N) is 1. The lowest BCUT2D eigenvalue weighted by atomic mass is 9.96. The van der Waals surface area contributed by atoms with Gasteiger partial charge in [0.15, 0.2) is 0 Å². The molecule has 5 nitrogen and oxygen atoms in total. The first-order chi connectivity index (χ1) is 12.2. The van der Waals surface area contributed by atoms with Gasteiger partial charge < -0.3 is 5.11 Å². The Morgan fingerprint density at radius 3 is 2.23 bits per heavy atom. The predicted octanol–water partition coefficient (Wildman–Crippen LogP) is 3.47. The third-order valence-electron chi connectivity index (χ3n) is 4.69. The van der Waals surface area contributed by atoms with Gasteiger partial charge in [-0.15, -0.1) is 0 Å². The van der Waals surface area contributed by atoms with Crippen molar-refractivity contribution < 1.29 is 18.3 Å². The van der Waals surface area contributed by atoms with Gasteiger partial charge in [-0.1, -0.05) is 40.2 Å². The Morgan fingerprint density at radius 1 is 1.15 bits per heavy atom. The van der Waals surface area contributed by atoms with Gasteiger partial charge in [0.2, 0.25) is 10.0 Å². The Bertz CT molecular complexity index is 904. The van der Waals surface area contributed by atoms with E-state index in [0.29, 0.717) is 24.8 Å². The van der Waals surface area contributed by atoms with Crippen LogP contribution in [0.4, 0.5) is 0 Å². The molecule has 0 amide bonds. The maximum absolute atomic E-state index is 12.6. The first-order valence-corrected chi connectivity index (χ1v) is 10.6. The summed E-state index contributed by atoms with van der Waals surface area (Å²) < 4.78 is 28.8. The average Bonchev–Trinajstić information content (AvgIpc) is 3.38. The molecule has 0 aliphatic heterocycles. The summed E-state index contributed by atoms with van der Waals surface area (Å²) in [5.41, 5.74) is 0.868. The molecule has 1 aliphatic carbocycles. The first kappa shape index (κ1) is 19.1. The maximum atomic E-state index is 12.6. The fraction of sp³-hybridized carbons (Fsp3) is 0.316. The minimum absolute atomic E-state index is 0.144. The van der Waals surface area contributed by atoms with E-state index in [-0.39, 0.29) is 10.9 Å². The van der Waals surface area contributed by atoms with Gasteiger partial charge in [-0.2, -0.15) is 0 Å². The molecule has 1 atom stereocenters. The van der Waals surface area contributed by atoms with Crippen LogP contribution < -0.4 is 4.72 Å².